The zero-order valence-electron chi connectivity index (χ0n) is 12.2. The van der Waals surface area contributed by atoms with Gasteiger partial charge in [-0.25, -0.2) is 0 Å². The van der Waals surface area contributed by atoms with E-state index in [1.165, 1.54) is 9.75 Å². The number of thiophene rings is 1. The lowest BCUT2D eigenvalue weighted by atomic mass is 10.2. The molecule has 20 heavy (non-hydrogen) atoms. The number of nitrogens with one attached hydrogen (secondary N) is 1. The summed E-state index contributed by atoms with van der Waals surface area (Å²) >= 11 is 8.06. The van der Waals surface area contributed by atoms with Gasteiger partial charge in [-0.3, -0.25) is 0 Å². The van der Waals surface area contributed by atoms with Crippen molar-refractivity contribution in [3.8, 4) is 5.75 Å². The Morgan fingerprint density at radius 3 is 2.45 bits per heavy atom. The lowest BCUT2D eigenvalue weighted by Gasteiger charge is -2.16. The third-order valence-corrected chi connectivity index (χ3v) is 4.34. The van der Waals surface area contributed by atoms with E-state index in [9.17, 15) is 0 Å². The van der Waals surface area contributed by atoms with Crippen molar-refractivity contribution in [3.05, 3.63) is 45.1 Å². The molecule has 0 amide bonds. The first-order chi connectivity index (χ1) is 9.45. The number of benzene rings is 1. The maximum atomic E-state index is 6.24. The Hall–Kier alpha value is -1.19. The Bertz CT molecular complexity index is 580. The Kier molecular flexibility index (Phi) is 4.95. The molecule has 0 aliphatic rings. The van der Waals surface area contributed by atoms with Crippen LogP contribution < -0.4 is 10.1 Å². The molecule has 0 saturated heterocycles. The normalized spacial score (nSPS) is 12.5. The molecule has 0 aliphatic heterocycles. The van der Waals surface area contributed by atoms with Gasteiger partial charge in [0.15, 0.2) is 0 Å². The number of aryl methyl sites for hydroxylation is 1. The van der Waals surface area contributed by atoms with Gasteiger partial charge in [0.05, 0.1) is 17.2 Å². The number of ether oxygens (including phenoxy) is 1. The molecule has 0 bridgehead atoms. The van der Waals surface area contributed by atoms with Crippen LogP contribution in [0, 0.1) is 6.92 Å². The van der Waals surface area contributed by atoms with Gasteiger partial charge in [0.1, 0.15) is 5.75 Å². The van der Waals surface area contributed by atoms with Gasteiger partial charge < -0.3 is 10.1 Å². The number of hydrogen-bond donors (Lipinski definition) is 1. The molecule has 0 spiro atoms. The highest BCUT2D eigenvalue weighted by Crippen LogP contribution is 2.31. The van der Waals surface area contributed by atoms with Crippen LogP contribution in [0.5, 0.6) is 5.75 Å². The molecular formula is C16H20ClNOS. The van der Waals surface area contributed by atoms with Gasteiger partial charge in [0.25, 0.3) is 0 Å². The largest absolute Gasteiger partial charge is 0.489 e. The van der Waals surface area contributed by atoms with Crippen LogP contribution in [0.15, 0.2) is 30.3 Å². The summed E-state index contributed by atoms with van der Waals surface area (Å²) in [5.74, 6) is 0.729. The molecule has 0 fully saturated rings. The molecule has 2 nitrogen and oxygen atoms in total. The summed E-state index contributed by atoms with van der Waals surface area (Å²) < 4.78 is 5.64. The van der Waals surface area contributed by atoms with Gasteiger partial charge >= 0.3 is 0 Å². The van der Waals surface area contributed by atoms with Crippen LogP contribution in [-0.2, 0) is 0 Å². The van der Waals surface area contributed by atoms with Gasteiger partial charge in [-0.1, -0.05) is 11.6 Å². The van der Waals surface area contributed by atoms with Gasteiger partial charge in [-0.05, 0) is 58.0 Å². The van der Waals surface area contributed by atoms with Crippen LogP contribution >= 0.6 is 22.9 Å². The monoisotopic (exact) mass is 309 g/mol. The highest BCUT2D eigenvalue weighted by Gasteiger charge is 2.10. The minimum atomic E-state index is 0.124. The molecule has 1 N–H and O–H groups in total. The standard InChI is InChI=1S/C16H20ClNOS/c1-10(2)19-15-7-6-13(9-14(15)17)18-12(4)16-8-5-11(3)20-16/h5-10,12,18H,1-4H3. The van der Waals surface area contributed by atoms with E-state index in [2.05, 4.69) is 31.3 Å². The number of anilines is 1. The molecule has 2 aromatic rings. The number of rotatable bonds is 5. The first kappa shape index (κ1) is 15.2. The predicted octanol–water partition coefficient (Wildman–Crippen LogP) is 5.67. The second-order valence-electron chi connectivity index (χ2n) is 5.13. The quantitative estimate of drug-likeness (QED) is 0.768. The Morgan fingerprint density at radius 2 is 1.90 bits per heavy atom. The molecule has 0 aliphatic carbocycles. The van der Waals surface area contributed by atoms with Crippen molar-refractivity contribution in [1.82, 2.24) is 0 Å². The molecule has 1 unspecified atom stereocenters. The smallest absolute Gasteiger partial charge is 0.138 e. The molecule has 0 radical (unpaired) electrons. The van der Waals surface area contributed by atoms with E-state index in [1.807, 2.05) is 43.4 Å². The van der Waals surface area contributed by atoms with Crippen LogP contribution in [0.1, 0.15) is 36.6 Å². The maximum Gasteiger partial charge on any atom is 0.138 e. The van der Waals surface area contributed by atoms with Crippen molar-refractivity contribution in [2.24, 2.45) is 0 Å². The van der Waals surface area contributed by atoms with Gasteiger partial charge in [0, 0.05) is 15.4 Å². The molecule has 108 valence electrons. The minimum Gasteiger partial charge on any atom is -0.489 e. The van der Waals surface area contributed by atoms with Crippen LogP contribution in [0.3, 0.4) is 0 Å². The van der Waals surface area contributed by atoms with Crippen LogP contribution in [0.4, 0.5) is 5.69 Å². The van der Waals surface area contributed by atoms with Crippen molar-refractivity contribution in [3.63, 3.8) is 0 Å². The summed E-state index contributed by atoms with van der Waals surface area (Å²) in [7, 11) is 0. The third-order valence-electron chi connectivity index (χ3n) is 2.87. The highest BCUT2D eigenvalue weighted by atomic mass is 35.5. The van der Waals surface area contributed by atoms with Crippen LogP contribution in [0.25, 0.3) is 0 Å². The summed E-state index contributed by atoms with van der Waals surface area (Å²) in [5.41, 5.74) is 1.00. The van der Waals surface area contributed by atoms with Crippen molar-refractivity contribution >= 4 is 28.6 Å². The molecule has 1 aromatic heterocycles. The molecule has 0 saturated carbocycles. The number of halogens is 1. The average molecular weight is 310 g/mol. The average Bonchev–Trinajstić information content (AvgIpc) is 2.79. The van der Waals surface area contributed by atoms with E-state index in [1.54, 1.807) is 0 Å². The van der Waals surface area contributed by atoms with Gasteiger partial charge in [0.2, 0.25) is 0 Å². The third kappa shape index (κ3) is 3.90. The summed E-state index contributed by atoms with van der Waals surface area (Å²) in [6.07, 6.45) is 0.124. The summed E-state index contributed by atoms with van der Waals surface area (Å²) in [5, 5.41) is 4.10. The second kappa shape index (κ2) is 6.51. The Balaban J connectivity index is 2.08. The minimum absolute atomic E-state index is 0.124. The Morgan fingerprint density at radius 1 is 1.15 bits per heavy atom. The molecule has 1 aromatic carbocycles. The fourth-order valence-electron chi connectivity index (χ4n) is 1.95. The van der Waals surface area contributed by atoms with Crippen molar-refractivity contribution in [1.29, 1.82) is 0 Å². The molecule has 4 heteroatoms. The van der Waals surface area contributed by atoms with E-state index < -0.39 is 0 Å². The summed E-state index contributed by atoms with van der Waals surface area (Å²) in [6, 6.07) is 10.4. The fraction of sp³-hybridized carbons (Fsp3) is 0.375. The fourth-order valence-corrected chi connectivity index (χ4v) is 3.05. The van der Waals surface area contributed by atoms with E-state index >= 15 is 0 Å². The summed E-state index contributed by atoms with van der Waals surface area (Å²) in [4.78, 5) is 2.65. The highest BCUT2D eigenvalue weighted by molar-refractivity contribution is 7.12. The molecular weight excluding hydrogens is 290 g/mol. The SMILES string of the molecule is Cc1ccc(C(C)Nc2ccc(OC(C)C)c(Cl)c2)s1. The van der Waals surface area contributed by atoms with Gasteiger partial charge in [-0.2, -0.15) is 0 Å². The van der Waals surface area contributed by atoms with Crippen LogP contribution in [-0.4, -0.2) is 6.10 Å². The summed E-state index contributed by atoms with van der Waals surface area (Å²) in [6.45, 7) is 8.25. The van der Waals surface area contributed by atoms with Crippen molar-refractivity contribution in [2.45, 2.75) is 39.8 Å². The topological polar surface area (TPSA) is 21.3 Å². The van der Waals surface area contributed by atoms with Crippen LogP contribution in [0.2, 0.25) is 5.02 Å². The van der Waals surface area contributed by atoms with E-state index in [0.717, 1.165) is 11.4 Å². The van der Waals surface area contributed by atoms with E-state index in [-0.39, 0.29) is 12.1 Å². The lowest BCUT2D eigenvalue weighted by Crippen LogP contribution is -2.07. The first-order valence-corrected chi connectivity index (χ1v) is 7.94. The molecule has 2 rings (SSSR count). The van der Waals surface area contributed by atoms with Gasteiger partial charge in [-0.15, -0.1) is 11.3 Å². The predicted molar refractivity (Wildman–Crippen MR) is 88.3 cm³/mol. The molecule has 1 heterocycles. The zero-order valence-corrected chi connectivity index (χ0v) is 13.8. The lowest BCUT2D eigenvalue weighted by molar-refractivity contribution is 0.242. The van der Waals surface area contributed by atoms with E-state index in [0.29, 0.717) is 5.02 Å². The van der Waals surface area contributed by atoms with Crippen molar-refractivity contribution in [2.75, 3.05) is 5.32 Å². The number of hydrogen-bond acceptors (Lipinski definition) is 3. The Labute approximate surface area is 129 Å². The maximum absolute atomic E-state index is 6.24. The zero-order chi connectivity index (χ0) is 14.7. The van der Waals surface area contributed by atoms with Crippen molar-refractivity contribution < 1.29 is 4.74 Å². The molecule has 1 atom stereocenters. The first-order valence-electron chi connectivity index (χ1n) is 6.75. The van der Waals surface area contributed by atoms with E-state index in [4.69, 9.17) is 16.3 Å². The second-order valence-corrected chi connectivity index (χ2v) is 6.85.